The molecule has 2 aromatic heterocycles. The number of aromatic nitrogens is 2. The minimum Gasteiger partial charge on any atom is -0.470 e. The van der Waals surface area contributed by atoms with Gasteiger partial charge in [0.25, 0.3) is 0 Å². The van der Waals surface area contributed by atoms with Crippen molar-refractivity contribution in [1.29, 1.82) is 5.26 Å². The van der Waals surface area contributed by atoms with Gasteiger partial charge in [0.1, 0.15) is 29.2 Å². The second kappa shape index (κ2) is 10.1. The molecule has 3 heterocycles. The van der Waals surface area contributed by atoms with Gasteiger partial charge in [0.05, 0.1) is 22.8 Å². The number of rotatable bonds is 7. The predicted octanol–water partition coefficient (Wildman–Crippen LogP) is 1.69. The highest BCUT2D eigenvalue weighted by atomic mass is 32.1. The Bertz CT molecular complexity index is 1090. The molecule has 0 saturated carbocycles. The molecule has 1 fully saturated rings. The smallest absolute Gasteiger partial charge is 0.201 e. The number of nitrogens with two attached hydrogens (primary N) is 2. The Morgan fingerprint density at radius 2 is 2.19 bits per heavy atom. The van der Waals surface area contributed by atoms with Gasteiger partial charge >= 0.3 is 0 Å². The Labute approximate surface area is 186 Å². The molecule has 9 nitrogen and oxygen atoms in total. The van der Waals surface area contributed by atoms with Gasteiger partial charge in [-0.3, -0.25) is 9.39 Å². The van der Waals surface area contributed by atoms with Gasteiger partial charge < -0.3 is 21.6 Å². The zero-order valence-electron chi connectivity index (χ0n) is 17.6. The van der Waals surface area contributed by atoms with Crippen molar-refractivity contribution in [3.8, 4) is 11.9 Å². The fourth-order valence-electron chi connectivity index (χ4n) is 3.50. The Kier molecular flexibility index (Phi) is 7.33. The quantitative estimate of drug-likeness (QED) is 0.196. The van der Waals surface area contributed by atoms with Crippen LogP contribution in [0.25, 0.3) is 5.65 Å². The molecule has 1 aliphatic heterocycles. The molecule has 5 N–H and O–H groups in total. The number of aliphatic imine (C=N–C) groups is 1. The third-order valence-electron chi connectivity index (χ3n) is 5.08. The van der Waals surface area contributed by atoms with E-state index in [1.165, 1.54) is 12.4 Å². The van der Waals surface area contributed by atoms with Gasteiger partial charge in [0, 0.05) is 11.6 Å². The maximum Gasteiger partial charge on any atom is 0.201 e. The number of imidazole rings is 1. The van der Waals surface area contributed by atoms with Crippen LogP contribution in [0.4, 0.5) is 0 Å². The number of hydrazone groups is 1. The number of nitriles is 1. The van der Waals surface area contributed by atoms with Crippen molar-refractivity contribution in [2.24, 2.45) is 21.7 Å². The van der Waals surface area contributed by atoms with Crippen LogP contribution >= 0.6 is 12.2 Å². The van der Waals surface area contributed by atoms with E-state index in [-0.39, 0.29) is 6.04 Å². The van der Waals surface area contributed by atoms with Gasteiger partial charge in [0.2, 0.25) is 5.88 Å². The third-order valence-corrected chi connectivity index (χ3v) is 5.54. The first-order valence-electron chi connectivity index (χ1n) is 10.0. The molecule has 0 aromatic carbocycles. The van der Waals surface area contributed by atoms with Gasteiger partial charge in [-0.05, 0) is 58.1 Å². The molecule has 1 atom stereocenters. The van der Waals surface area contributed by atoms with E-state index in [4.69, 9.17) is 33.5 Å². The number of nitrogens with zero attached hydrogens (tertiary/aromatic N) is 5. The van der Waals surface area contributed by atoms with Crippen LogP contribution in [0.2, 0.25) is 0 Å². The second-order valence-corrected chi connectivity index (χ2v) is 7.70. The van der Waals surface area contributed by atoms with E-state index in [0.717, 1.165) is 31.6 Å². The van der Waals surface area contributed by atoms with Crippen LogP contribution in [0, 0.1) is 11.3 Å². The molecule has 1 aliphatic rings. The lowest BCUT2D eigenvalue weighted by Gasteiger charge is -2.20. The summed E-state index contributed by atoms with van der Waals surface area (Å²) in [4.78, 5) is 9.69. The van der Waals surface area contributed by atoms with Crippen LogP contribution in [0.3, 0.4) is 0 Å². The van der Waals surface area contributed by atoms with Crippen molar-refractivity contribution in [2.45, 2.75) is 38.8 Å². The molecule has 0 aliphatic carbocycles. The molecule has 162 valence electrons. The van der Waals surface area contributed by atoms with E-state index in [9.17, 15) is 5.26 Å². The van der Waals surface area contributed by atoms with E-state index in [2.05, 4.69) is 21.5 Å². The Morgan fingerprint density at radius 1 is 1.45 bits per heavy atom. The summed E-state index contributed by atoms with van der Waals surface area (Å²) in [6.07, 6.45) is 5.94. The summed E-state index contributed by atoms with van der Waals surface area (Å²) in [5.74, 6) is 6.16. The normalized spacial score (nSPS) is 17.1. The monoisotopic (exact) mass is 438 g/mol. The molecule has 10 heteroatoms. The first kappa shape index (κ1) is 22.4. The number of hydrogen-bond donors (Lipinski definition) is 3. The third kappa shape index (κ3) is 5.07. The minimum absolute atomic E-state index is 0.231. The van der Waals surface area contributed by atoms with Crippen LogP contribution < -0.4 is 21.6 Å². The fraction of sp³-hybridized carbons (Fsp3) is 0.381. The van der Waals surface area contributed by atoms with Gasteiger partial charge in [-0.2, -0.15) is 10.4 Å². The minimum atomic E-state index is -0.454. The molecule has 2 aromatic rings. The zero-order valence-corrected chi connectivity index (χ0v) is 18.4. The Morgan fingerprint density at radius 3 is 2.84 bits per heavy atom. The average molecular weight is 439 g/mol. The lowest BCUT2D eigenvalue weighted by Crippen LogP contribution is -2.31. The van der Waals surface area contributed by atoms with Crippen molar-refractivity contribution in [1.82, 2.24) is 14.7 Å². The van der Waals surface area contributed by atoms with E-state index < -0.39 is 6.10 Å². The first-order chi connectivity index (χ1) is 15.0. The zero-order chi connectivity index (χ0) is 22.4. The van der Waals surface area contributed by atoms with Gasteiger partial charge in [0.15, 0.2) is 0 Å². The summed E-state index contributed by atoms with van der Waals surface area (Å²) in [6.45, 7) is 5.60. The second-order valence-electron chi connectivity index (χ2n) is 7.23. The molecule has 0 spiro atoms. The molecule has 1 unspecified atom stereocenters. The van der Waals surface area contributed by atoms with Crippen molar-refractivity contribution in [3.63, 3.8) is 0 Å². The van der Waals surface area contributed by atoms with Gasteiger partial charge in [-0.25, -0.2) is 4.98 Å². The highest BCUT2D eigenvalue weighted by Crippen LogP contribution is 2.23. The lowest BCUT2D eigenvalue weighted by molar-refractivity contribution is 0.275. The maximum absolute atomic E-state index is 9.48. The van der Waals surface area contributed by atoms with Gasteiger partial charge in [-0.15, -0.1) is 0 Å². The number of hydrogen-bond acceptors (Lipinski definition) is 9. The molecular weight excluding hydrogens is 412 g/mol. The molecule has 0 amide bonds. The van der Waals surface area contributed by atoms with Crippen LogP contribution in [0.15, 0.2) is 40.7 Å². The summed E-state index contributed by atoms with van der Waals surface area (Å²) in [5, 5.41) is 16.8. The number of fused-ring (bicyclic) bond motifs is 1. The number of ether oxygens (including phenoxy) is 1. The SMILES string of the molecule is CC(=NC1CCNCC1)/C(=N\N)c1cc(OC(C)C(=S)/C=C\N)n2c(C#N)cnc2c1. The molecule has 0 radical (unpaired) electrons. The lowest BCUT2D eigenvalue weighted by atomic mass is 10.0. The maximum atomic E-state index is 9.48. The molecule has 1 saturated heterocycles. The van der Waals surface area contributed by atoms with Crippen molar-refractivity contribution in [2.75, 3.05) is 13.1 Å². The summed E-state index contributed by atoms with van der Waals surface area (Å²) >= 11 is 5.33. The van der Waals surface area contributed by atoms with Crippen LogP contribution in [-0.2, 0) is 0 Å². The van der Waals surface area contributed by atoms with Crippen molar-refractivity contribution >= 4 is 34.2 Å². The summed E-state index contributed by atoms with van der Waals surface area (Å²) < 4.78 is 7.71. The Balaban J connectivity index is 2.03. The fourth-order valence-corrected chi connectivity index (χ4v) is 3.62. The van der Waals surface area contributed by atoms with Crippen molar-refractivity contribution < 1.29 is 4.74 Å². The number of piperidine rings is 1. The van der Waals surface area contributed by atoms with Crippen LogP contribution in [-0.4, -0.2) is 50.9 Å². The van der Waals surface area contributed by atoms with Crippen molar-refractivity contribution in [3.05, 3.63) is 41.9 Å². The topological polar surface area (TPSA) is 139 Å². The van der Waals surface area contributed by atoms with Gasteiger partial charge in [-0.1, -0.05) is 12.2 Å². The predicted molar refractivity (Wildman–Crippen MR) is 126 cm³/mol. The van der Waals surface area contributed by atoms with E-state index in [1.54, 1.807) is 16.5 Å². The summed E-state index contributed by atoms with van der Waals surface area (Å²) in [5.41, 5.74) is 8.31. The molecule has 3 rings (SSSR count). The van der Waals surface area contributed by atoms with Crippen LogP contribution in [0.5, 0.6) is 5.88 Å². The molecule has 31 heavy (non-hydrogen) atoms. The van der Waals surface area contributed by atoms with Crippen LogP contribution in [0.1, 0.15) is 37.9 Å². The highest BCUT2D eigenvalue weighted by Gasteiger charge is 2.19. The molecule has 0 bridgehead atoms. The molecular formula is C21H26N8OS. The standard InChI is InChI=1S/C21H26N8OS/c1-13(27-16-4-7-25-8-5-16)21(28-24)15-9-19-26-12-17(11-23)29(19)20(10-15)30-14(2)18(31)3-6-22/h3,6,9-10,12,14,16,25H,4-5,7-8,22,24H2,1-2H3/b6-3-,27-13?,28-21+. The van der Waals surface area contributed by atoms with E-state index in [1.807, 2.05) is 19.9 Å². The Hall–Kier alpha value is -3.29. The number of pyridine rings is 1. The van der Waals surface area contributed by atoms with E-state index >= 15 is 0 Å². The summed E-state index contributed by atoms with van der Waals surface area (Å²) in [6, 6.07) is 5.94. The summed E-state index contributed by atoms with van der Waals surface area (Å²) in [7, 11) is 0. The number of nitrogens with one attached hydrogen (secondary N) is 1. The largest absolute Gasteiger partial charge is 0.470 e. The van der Waals surface area contributed by atoms with E-state index in [0.29, 0.717) is 33.4 Å². The highest BCUT2D eigenvalue weighted by molar-refractivity contribution is 7.80. The average Bonchev–Trinajstić information content (AvgIpc) is 3.18. The first-order valence-corrected chi connectivity index (χ1v) is 10.4. The number of thiocarbonyl (C=S) groups is 1.